The quantitative estimate of drug-likeness (QED) is 0.528. The highest BCUT2D eigenvalue weighted by molar-refractivity contribution is 5.97. The van der Waals surface area contributed by atoms with Crippen molar-refractivity contribution >= 4 is 21.9 Å². The first-order chi connectivity index (χ1) is 11.7. The largest absolute Gasteiger partial charge is 0.489 e. The number of rotatable bonds is 2. The average Bonchev–Trinajstić information content (AvgIpc) is 2.60. The summed E-state index contributed by atoms with van der Waals surface area (Å²) in [5, 5.41) is 1.36. The van der Waals surface area contributed by atoms with Crippen molar-refractivity contribution in [3.63, 3.8) is 0 Å². The SMILES string of the molecule is COc1c(-c2cc3ccccc3oc2=O)c2ccccc2oc1=O. The summed E-state index contributed by atoms with van der Waals surface area (Å²) in [6, 6.07) is 15.9. The van der Waals surface area contributed by atoms with Gasteiger partial charge < -0.3 is 13.6 Å². The molecule has 0 atom stereocenters. The Kier molecular flexibility index (Phi) is 3.20. The summed E-state index contributed by atoms with van der Waals surface area (Å²) < 4.78 is 15.9. The molecule has 24 heavy (non-hydrogen) atoms. The van der Waals surface area contributed by atoms with Gasteiger partial charge in [0.15, 0.2) is 0 Å². The van der Waals surface area contributed by atoms with E-state index in [0.29, 0.717) is 22.1 Å². The van der Waals surface area contributed by atoms with E-state index in [1.807, 2.05) is 12.1 Å². The smallest absolute Gasteiger partial charge is 0.379 e. The predicted octanol–water partition coefficient (Wildman–Crippen LogP) is 3.58. The van der Waals surface area contributed by atoms with Gasteiger partial charge in [-0.2, -0.15) is 0 Å². The fraction of sp³-hybridized carbons (Fsp3) is 0.0526. The maximum Gasteiger partial charge on any atom is 0.379 e. The molecular weight excluding hydrogens is 308 g/mol. The molecule has 0 N–H and O–H groups in total. The van der Waals surface area contributed by atoms with Crippen LogP contribution < -0.4 is 16.0 Å². The molecule has 4 rings (SSSR count). The van der Waals surface area contributed by atoms with Crippen molar-refractivity contribution in [3.05, 3.63) is 75.4 Å². The number of benzene rings is 2. The third-order valence-electron chi connectivity index (χ3n) is 3.89. The first kappa shape index (κ1) is 14.3. The zero-order chi connectivity index (χ0) is 16.7. The molecule has 2 aromatic heterocycles. The van der Waals surface area contributed by atoms with Crippen LogP contribution in [0.2, 0.25) is 0 Å². The van der Waals surface area contributed by atoms with Crippen LogP contribution in [-0.4, -0.2) is 7.11 Å². The third kappa shape index (κ3) is 2.10. The van der Waals surface area contributed by atoms with Crippen LogP contribution in [0.4, 0.5) is 0 Å². The average molecular weight is 320 g/mol. The molecular formula is C19H12O5. The number of methoxy groups -OCH3 is 1. The van der Waals surface area contributed by atoms with E-state index in [-0.39, 0.29) is 11.3 Å². The van der Waals surface area contributed by atoms with Crippen molar-refractivity contribution in [2.24, 2.45) is 0 Å². The minimum absolute atomic E-state index is 0.0173. The monoisotopic (exact) mass is 320 g/mol. The van der Waals surface area contributed by atoms with Gasteiger partial charge >= 0.3 is 11.3 Å². The molecule has 4 aromatic rings. The van der Waals surface area contributed by atoms with Crippen LogP contribution >= 0.6 is 0 Å². The predicted molar refractivity (Wildman–Crippen MR) is 90.5 cm³/mol. The van der Waals surface area contributed by atoms with E-state index >= 15 is 0 Å². The highest BCUT2D eigenvalue weighted by Gasteiger charge is 2.20. The Labute approximate surface area is 135 Å². The van der Waals surface area contributed by atoms with Crippen molar-refractivity contribution < 1.29 is 13.6 Å². The number of fused-ring (bicyclic) bond motifs is 2. The molecule has 0 radical (unpaired) electrons. The fourth-order valence-electron chi connectivity index (χ4n) is 2.82. The van der Waals surface area contributed by atoms with Crippen LogP contribution in [0.25, 0.3) is 33.1 Å². The standard InChI is InChI=1S/C19H12O5/c1-22-17-16(12-7-3-5-9-15(12)24-19(17)21)13-10-11-6-2-4-8-14(11)23-18(13)20/h2-10H,1H3. The van der Waals surface area contributed by atoms with Crippen molar-refractivity contribution in [1.82, 2.24) is 0 Å². The molecule has 0 saturated heterocycles. The molecule has 0 aliphatic heterocycles. The number of hydrogen-bond donors (Lipinski definition) is 0. The van der Waals surface area contributed by atoms with Gasteiger partial charge in [-0.15, -0.1) is 0 Å². The molecule has 0 fully saturated rings. The molecule has 5 nitrogen and oxygen atoms in total. The Morgan fingerprint density at radius 1 is 0.833 bits per heavy atom. The Morgan fingerprint density at radius 3 is 2.29 bits per heavy atom. The fourth-order valence-corrected chi connectivity index (χ4v) is 2.82. The minimum atomic E-state index is -0.640. The van der Waals surface area contributed by atoms with Gasteiger partial charge in [0, 0.05) is 16.3 Å². The van der Waals surface area contributed by atoms with E-state index in [2.05, 4.69) is 0 Å². The summed E-state index contributed by atoms with van der Waals surface area (Å²) in [6.07, 6.45) is 0. The van der Waals surface area contributed by atoms with Crippen molar-refractivity contribution in [2.45, 2.75) is 0 Å². The van der Waals surface area contributed by atoms with Crippen LogP contribution in [0.3, 0.4) is 0 Å². The molecule has 0 unspecified atom stereocenters. The number of para-hydroxylation sites is 2. The second-order valence-corrected chi connectivity index (χ2v) is 5.28. The van der Waals surface area contributed by atoms with E-state index in [4.69, 9.17) is 13.6 Å². The Morgan fingerprint density at radius 2 is 1.50 bits per heavy atom. The van der Waals surface area contributed by atoms with E-state index in [0.717, 1.165) is 5.39 Å². The lowest BCUT2D eigenvalue weighted by molar-refractivity contribution is 0.387. The molecule has 5 heteroatoms. The first-order valence-corrected chi connectivity index (χ1v) is 7.32. The Balaban J connectivity index is 2.19. The maximum absolute atomic E-state index is 12.5. The third-order valence-corrected chi connectivity index (χ3v) is 3.89. The molecule has 0 bridgehead atoms. The zero-order valence-electron chi connectivity index (χ0n) is 12.7. The van der Waals surface area contributed by atoms with Gasteiger partial charge in [-0.25, -0.2) is 9.59 Å². The van der Waals surface area contributed by atoms with Gasteiger partial charge in [-0.05, 0) is 18.2 Å². The van der Waals surface area contributed by atoms with Crippen LogP contribution in [0.5, 0.6) is 5.75 Å². The first-order valence-electron chi connectivity index (χ1n) is 7.32. The van der Waals surface area contributed by atoms with Crippen LogP contribution in [-0.2, 0) is 0 Å². The molecule has 0 spiro atoms. The summed E-state index contributed by atoms with van der Waals surface area (Å²) in [4.78, 5) is 24.7. The van der Waals surface area contributed by atoms with Gasteiger partial charge in [-0.3, -0.25) is 0 Å². The Bertz CT molecular complexity index is 1180. The zero-order valence-corrected chi connectivity index (χ0v) is 12.7. The maximum atomic E-state index is 12.5. The molecule has 2 heterocycles. The second kappa shape index (κ2) is 5.38. The molecule has 0 aliphatic rings. The van der Waals surface area contributed by atoms with Crippen molar-refractivity contribution in [2.75, 3.05) is 7.11 Å². The molecule has 0 saturated carbocycles. The molecule has 0 amide bonds. The second-order valence-electron chi connectivity index (χ2n) is 5.28. The highest BCUT2D eigenvalue weighted by Crippen LogP contribution is 2.33. The summed E-state index contributed by atoms with van der Waals surface area (Å²) in [7, 11) is 1.37. The minimum Gasteiger partial charge on any atom is -0.489 e. The van der Waals surface area contributed by atoms with Crippen LogP contribution in [0.1, 0.15) is 0 Å². The highest BCUT2D eigenvalue weighted by atomic mass is 16.5. The lowest BCUT2D eigenvalue weighted by atomic mass is 10.0. The van der Waals surface area contributed by atoms with Crippen molar-refractivity contribution in [3.8, 4) is 16.9 Å². The van der Waals surface area contributed by atoms with Gasteiger partial charge in [0.25, 0.3) is 0 Å². The molecule has 118 valence electrons. The van der Waals surface area contributed by atoms with E-state index < -0.39 is 11.3 Å². The summed E-state index contributed by atoms with van der Waals surface area (Å²) >= 11 is 0. The van der Waals surface area contributed by atoms with E-state index in [1.165, 1.54) is 7.11 Å². The van der Waals surface area contributed by atoms with E-state index in [9.17, 15) is 9.59 Å². The van der Waals surface area contributed by atoms with Gasteiger partial charge in [0.2, 0.25) is 5.75 Å². The summed E-state index contributed by atoms with van der Waals surface area (Å²) in [5.41, 5.74) is 0.323. The molecule has 2 aromatic carbocycles. The van der Waals surface area contributed by atoms with Crippen LogP contribution in [0.15, 0.2) is 73.0 Å². The Hall–Kier alpha value is -3.34. The van der Waals surface area contributed by atoms with Gasteiger partial charge in [0.05, 0.1) is 12.7 Å². The normalized spacial score (nSPS) is 11.0. The lowest BCUT2D eigenvalue weighted by Crippen LogP contribution is -2.10. The molecule has 0 aliphatic carbocycles. The van der Waals surface area contributed by atoms with Gasteiger partial charge in [0.1, 0.15) is 11.2 Å². The van der Waals surface area contributed by atoms with Gasteiger partial charge in [-0.1, -0.05) is 36.4 Å². The lowest BCUT2D eigenvalue weighted by Gasteiger charge is -2.10. The topological polar surface area (TPSA) is 69.7 Å². The van der Waals surface area contributed by atoms with Crippen molar-refractivity contribution in [1.29, 1.82) is 0 Å². The summed E-state index contributed by atoms with van der Waals surface area (Å²) in [5.74, 6) is -0.0173. The van der Waals surface area contributed by atoms with Crippen LogP contribution in [0, 0.1) is 0 Å². The number of hydrogen-bond acceptors (Lipinski definition) is 5. The number of ether oxygens (including phenoxy) is 1. The van der Waals surface area contributed by atoms with E-state index in [1.54, 1.807) is 42.5 Å². The summed E-state index contributed by atoms with van der Waals surface area (Å²) in [6.45, 7) is 0.